The molecule has 164 valence electrons. The zero-order valence-corrected chi connectivity index (χ0v) is 17.2. The predicted molar refractivity (Wildman–Crippen MR) is 113 cm³/mol. The molecule has 1 aromatic rings. The summed E-state index contributed by atoms with van der Waals surface area (Å²) in [6.07, 6.45) is 4.22. The zero-order valence-electron chi connectivity index (χ0n) is 17.2. The van der Waals surface area contributed by atoms with E-state index in [1.807, 2.05) is 0 Å². The second kappa shape index (κ2) is 12.8. The Balaban J connectivity index is 0.000000343. The van der Waals surface area contributed by atoms with E-state index in [9.17, 15) is 24.5 Å². The molecule has 2 atom stereocenters. The quantitative estimate of drug-likeness (QED) is 0.210. The number of esters is 1. The number of nitrogens with one attached hydrogen (secondary N) is 1. The predicted octanol–water partition coefficient (Wildman–Crippen LogP) is 2.62. The Hall–Kier alpha value is -3.68. The van der Waals surface area contributed by atoms with Gasteiger partial charge in [0.05, 0.1) is 17.1 Å². The first-order valence-electron chi connectivity index (χ1n) is 9.70. The lowest BCUT2D eigenvalue weighted by atomic mass is 9.44. The van der Waals surface area contributed by atoms with Gasteiger partial charge in [0.1, 0.15) is 6.04 Å². The molecule has 1 aliphatic heterocycles. The molecular formula is C20H24BN3O7. The van der Waals surface area contributed by atoms with Crippen molar-refractivity contribution in [1.29, 1.82) is 5.26 Å². The van der Waals surface area contributed by atoms with Crippen LogP contribution in [-0.4, -0.2) is 47.2 Å². The molecular weight excluding hydrogens is 405 g/mol. The molecule has 1 amide bonds. The van der Waals surface area contributed by atoms with Gasteiger partial charge in [-0.1, -0.05) is 18.8 Å². The molecule has 0 aromatic heterocycles. The van der Waals surface area contributed by atoms with E-state index in [4.69, 9.17) is 15.1 Å². The van der Waals surface area contributed by atoms with Gasteiger partial charge in [0, 0.05) is 23.9 Å². The lowest BCUT2D eigenvalue weighted by molar-refractivity contribution is -0.384. The van der Waals surface area contributed by atoms with Crippen molar-refractivity contribution >= 4 is 30.2 Å². The van der Waals surface area contributed by atoms with Crippen LogP contribution in [0, 0.1) is 21.3 Å². The average molecular weight is 429 g/mol. The van der Waals surface area contributed by atoms with Gasteiger partial charge >= 0.3 is 11.9 Å². The number of carboxylic acid groups (broad SMARTS) is 1. The smallest absolute Gasteiger partial charge is 0.335 e. The first-order chi connectivity index (χ1) is 14.7. The van der Waals surface area contributed by atoms with Crippen LogP contribution in [0.15, 0.2) is 36.9 Å². The van der Waals surface area contributed by atoms with Crippen LogP contribution in [0.3, 0.4) is 0 Å². The first-order valence-corrected chi connectivity index (χ1v) is 9.70. The summed E-state index contributed by atoms with van der Waals surface area (Å²) in [5.74, 6) is 0.0628. The Labute approximate surface area is 180 Å². The van der Waals surface area contributed by atoms with Gasteiger partial charge in [-0.3, -0.25) is 14.9 Å². The number of hydrogen-bond acceptors (Lipinski definition) is 7. The van der Waals surface area contributed by atoms with Gasteiger partial charge in [-0.15, -0.1) is 6.58 Å². The number of nitro benzene ring substituents is 1. The van der Waals surface area contributed by atoms with E-state index in [1.54, 1.807) is 13.0 Å². The van der Waals surface area contributed by atoms with Crippen molar-refractivity contribution in [3.8, 4) is 5.97 Å². The van der Waals surface area contributed by atoms with Crippen molar-refractivity contribution in [2.75, 3.05) is 6.61 Å². The number of nitriles is 1. The summed E-state index contributed by atoms with van der Waals surface area (Å²) < 4.78 is 4.91. The van der Waals surface area contributed by atoms with Gasteiger partial charge in [-0.05, 0) is 31.9 Å². The summed E-state index contributed by atoms with van der Waals surface area (Å²) in [7, 11) is 0. The van der Waals surface area contributed by atoms with Crippen molar-refractivity contribution in [1.82, 2.24) is 5.32 Å². The molecule has 31 heavy (non-hydrogen) atoms. The number of aromatic carboxylic acids is 1. The second-order valence-electron chi connectivity index (χ2n) is 6.72. The molecule has 1 fully saturated rings. The van der Waals surface area contributed by atoms with Crippen LogP contribution in [0.2, 0.25) is 12.1 Å². The highest BCUT2D eigenvalue weighted by molar-refractivity contribution is 6.72. The summed E-state index contributed by atoms with van der Waals surface area (Å²) in [6.45, 7) is 5.31. The highest BCUT2D eigenvalue weighted by Crippen LogP contribution is 2.30. The highest BCUT2D eigenvalue weighted by Gasteiger charge is 2.38. The molecule has 2 N–H and O–H groups in total. The minimum Gasteiger partial charge on any atom is -0.478 e. The van der Waals surface area contributed by atoms with Gasteiger partial charge in [-0.2, -0.15) is 0 Å². The SMILES string of the molecule is C=CCC(NC(=O)C1CCCB1C#N)C(=O)OCC.O=C(O)c1ccc([N+](=O)[O-])cc1. The number of benzene rings is 1. The van der Waals surface area contributed by atoms with Crippen LogP contribution >= 0.6 is 0 Å². The number of carbonyl (C=O) groups is 3. The Morgan fingerprint density at radius 1 is 1.45 bits per heavy atom. The fourth-order valence-electron chi connectivity index (χ4n) is 3.06. The maximum Gasteiger partial charge on any atom is 0.335 e. The number of nitrogens with zero attached hydrogens (tertiary/aromatic N) is 2. The molecule has 11 heteroatoms. The van der Waals surface area contributed by atoms with Gasteiger partial charge < -0.3 is 15.2 Å². The number of amides is 1. The van der Waals surface area contributed by atoms with Gasteiger partial charge in [-0.25, -0.2) is 14.9 Å². The first kappa shape index (κ1) is 25.4. The number of rotatable bonds is 8. The summed E-state index contributed by atoms with van der Waals surface area (Å²) in [5.41, 5.74) is -0.0689. The maximum absolute atomic E-state index is 12.1. The minimum atomic E-state index is -1.09. The molecule has 0 bridgehead atoms. The molecule has 0 radical (unpaired) electrons. The standard InChI is InChI=1S/C13H19BN2O3.C7H5NO4/c1-3-6-11(13(18)19-4-2)16-12(17)10-7-5-8-14(10)9-15;9-7(10)5-1-3-6(4-2-5)8(11)12/h3,10-11H,1,4-8H2,2H3,(H,16,17);1-4H,(H,9,10). The number of hydrogen-bond donors (Lipinski definition) is 2. The lowest BCUT2D eigenvalue weighted by Crippen LogP contribution is -2.44. The Morgan fingerprint density at radius 3 is 2.58 bits per heavy atom. The second-order valence-corrected chi connectivity index (χ2v) is 6.72. The van der Waals surface area contributed by atoms with E-state index in [-0.39, 0.29) is 36.3 Å². The van der Waals surface area contributed by atoms with E-state index in [1.165, 1.54) is 12.1 Å². The Bertz CT molecular complexity index is 818. The molecule has 0 spiro atoms. The summed E-state index contributed by atoms with van der Waals surface area (Å²) in [6, 6.07) is 4.00. The van der Waals surface area contributed by atoms with Crippen molar-refractivity contribution in [2.24, 2.45) is 0 Å². The van der Waals surface area contributed by atoms with Crippen molar-refractivity contribution < 1.29 is 29.2 Å². The van der Waals surface area contributed by atoms with Crippen LogP contribution in [0.25, 0.3) is 0 Å². The fourth-order valence-corrected chi connectivity index (χ4v) is 3.06. The van der Waals surface area contributed by atoms with Gasteiger partial charge in [0.25, 0.3) is 12.4 Å². The van der Waals surface area contributed by atoms with Crippen LogP contribution in [-0.2, 0) is 14.3 Å². The van der Waals surface area contributed by atoms with E-state index in [0.717, 1.165) is 24.9 Å². The number of carbonyl (C=O) groups excluding carboxylic acids is 2. The molecule has 0 saturated carbocycles. The van der Waals surface area contributed by atoms with Gasteiger partial charge in [0.15, 0.2) is 0 Å². The maximum atomic E-state index is 12.1. The Kier molecular flexibility index (Phi) is 10.5. The van der Waals surface area contributed by atoms with E-state index in [2.05, 4.69) is 17.9 Å². The molecule has 0 aliphatic carbocycles. The third-order valence-electron chi connectivity index (χ3n) is 4.63. The summed E-state index contributed by atoms with van der Waals surface area (Å²) >= 11 is 0. The van der Waals surface area contributed by atoms with Crippen LogP contribution in [0.4, 0.5) is 5.69 Å². The third-order valence-corrected chi connectivity index (χ3v) is 4.63. The van der Waals surface area contributed by atoms with Gasteiger partial charge in [0.2, 0.25) is 5.91 Å². The van der Waals surface area contributed by atoms with E-state index < -0.39 is 22.9 Å². The zero-order chi connectivity index (χ0) is 23.4. The monoisotopic (exact) mass is 429 g/mol. The minimum absolute atomic E-state index is 0.0422. The number of carboxylic acids is 1. The molecule has 2 rings (SSSR count). The van der Waals surface area contributed by atoms with Crippen LogP contribution < -0.4 is 5.32 Å². The number of ether oxygens (including phenoxy) is 1. The van der Waals surface area contributed by atoms with Crippen LogP contribution in [0.1, 0.15) is 36.5 Å². The van der Waals surface area contributed by atoms with Crippen molar-refractivity contribution in [2.45, 2.75) is 44.4 Å². The van der Waals surface area contributed by atoms with E-state index in [0.29, 0.717) is 12.8 Å². The third kappa shape index (κ3) is 7.93. The summed E-state index contributed by atoms with van der Waals surface area (Å²) in [5, 5.41) is 30.2. The average Bonchev–Trinajstić information content (AvgIpc) is 3.23. The molecule has 10 nitrogen and oxygen atoms in total. The molecule has 1 aliphatic rings. The Morgan fingerprint density at radius 2 is 2.10 bits per heavy atom. The number of non-ortho nitro benzene ring substituents is 1. The lowest BCUT2D eigenvalue weighted by Gasteiger charge is -2.18. The fraction of sp³-hybridized carbons (Fsp3) is 0.400. The van der Waals surface area contributed by atoms with E-state index >= 15 is 0 Å². The molecule has 1 heterocycles. The largest absolute Gasteiger partial charge is 0.478 e. The summed E-state index contributed by atoms with van der Waals surface area (Å²) in [4.78, 5) is 43.7. The highest BCUT2D eigenvalue weighted by atomic mass is 16.6. The topological polar surface area (TPSA) is 160 Å². The molecule has 1 aromatic carbocycles. The van der Waals surface area contributed by atoms with Crippen molar-refractivity contribution in [3.63, 3.8) is 0 Å². The molecule has 2 unspecified atom stereocenters. The number of nitro groups is 1. The van der Waals surface area contributed by atoms with Crippen molar-refractivity contribution in [3.05, 3.63) is 52.6 Å². The normalized spacial score (nSPS) is 15.5. The van der Waals surface area contributed by atoms with Crippen LogP contribution in [0.5, 0.6) is 0 Å². The molecule has 1 saturated heterocycles.